The van der Waals surface area contributed by atoms with E-state index in [2.05, 4.69) is 20.0 Å². The van der Waals surface area contributed by atoms with E-state index in [1.165, 1.54) is 11.8 Å². The summed E-state index contributed by atoms with van der Waals surface area (Å²) in [5.74, 6) is 0. The molecule has 1 N–H and O–H groups in total. The molecule has 0 saturated heterocycles. The Kier molecular flexibility index (Phi) is 5.29. The number of anilines is 1. The Balaban J connectivity index is 1.97. The first-order chi connectivity index (χ1) is 12.7. The predicted octanol–water partition coefficient (Wildman–Crippen LogP) is 3.16. The molecule has 0 radical (unpaired) electrons. The molecule has 1 aromatic carbocycles. The molecule has 0 amide bonds. The van der Waals surface area contributed by atoms with Gasteiger partial charge in [-0.3, -0.25) is 9.40 Å². The van der Waals surface area contributed by atoms with Gasteiger partial charge in [0.15, 0.2) is 5.16 Å². The zero-order valence-electron chi connectivity index (χ0n) is 15.8. The highest BCUT2D eigenvalue weighted by Crippen LogP contribution is 2.34. The van der Waals surface area contributed by atoms with Gasteiger partial charge in [0.1, 0.15) is 11.2 Å². The van der Waals surface area contributed by atoms with Gasteiger partial charge in [0.25, 0.3) is 10.0 Å². The summed E-state index contributed by atoms with van der Waals surface area (Å²) in [4.78, 5) is 0.957. The van der Waals surface area contributed by atoms with Crippen molar-refractivity contribution in [1.29, 1.82) is 0 Å². The number of hydrogen-bond donors (Lipinski definition) is 1. The van der Waals surface area contributed by atoms with Gasteiger partial charge in [-0.25, -0.2) is 8.42 Å². The molecule has 0 saturated carbocycles. The van der Waals surface area contributed by atoms with Gasteiger partial charge >= 0.3 is 0 Å². The second-order valence-electron chi connectivity index (χ2n) is 6.47. The Morgan fingerprint density at radius 2 is 1.89 bits per heavy atom. The number of para-hydroxylation sites is 1. The Morgan fingerprint density at radius 3 is 2.48 bits per heavy atom. The minimum Gasteiger partial charge on any atom is -0.311 e. The van der Waals surface area contributed by atoms with E-state index >= 15 is 0 Å². The van der Waals surface area contributed by atoms with Crippen LogP contribution in [0.5, 0.6) is 0 Å². The van der Waals surface area contributed by atoms with Gasteiger partial charge in [0.05, 0.1) is 17.1 Å². The molecular weight excluding hydrogens is 384 g/mol. The summed E-state index contributed by atoms with van der Waals surface area (Å²) in [5, 5.41) is 12.9. The summed E-state index contributed by atoms with van der Waals surface area (Å²) >= 11 is 1.34. The number of nitrogens with zero attached hydrogens (tertiary/aromatic N) is 5. The quantitative estimate of drug-likeness (QED) is 0.676. The molecule has 144 valence electrons. The molecular formula is C17H22N6O2S2. The maximum atomic E-state index is 13.1. The normalized spacial score (nSPS) is 11.9. The first-order valence-electron chi connectivity index (χ1n) is 8.40. The van der Waals surface area contributed by atoms with Crippen molar-refractivity contribution in [3.8, 4) is 0 Å². The fourth-order valence-corrected chi connectivity index (χ4v) is 5.24. The maximum Gasteiger partial charge on any atom is 0.265 e. The van der Waals surface area contributed by atoms with Crippen LogP contribution in [-0.2, 0) is 17.1 Å². The summed E-state index contributed by atoms with van der Waals surface area (Å²) in [6.07, 6.45) is 1.60. The van der Waals surface area contributed by atoms with E-state index in [1.54, 1.807) is 41.6 Å². The Bertz CT molecular complexity index is 1070. The van der Waals surface area contributed by atoms with Gasteiger partial charge in [-0.2, -0.15) is 5.10 Å². The molecule has 0 atom stereocenters. The van der Waals surface area contributed by atoms with Crippen molar-refractivity contribution in [2.45, 2.75) is 48.7 Å². The molecule has 0 bridgehead atoms. The molecule has 2 aromatic heterocycles. The SMILES string of the molecule is Cc1nn(C(C)C)c(C)c1S(=O)(=O)Nc1ccccc1Sc1nncn1C. The molecule has 3 rings (SSSR count). The van der Waals surface area contributed by atoms with Crippen LogP contribution >= 0.6 is 11.8 Å². The molecule has 2 heterocycles. The second-order valence-corrected chi connectivity index (χ2v) is 9.09. The van der Waals surface area contributed by atoms with Crippen LogP contribution < -0.4 is 4.72 Å². The molecule has 0 fully saturated rings. The molecule has 8 nitrogen and oxygen atoms in total. The lowest BCUT2D eigenvalue weighted by Crippen LogP contribution is -2.16. The minimum atomic E-state index is -3.79. The van der Waals surface area contributed by atoms with Crippen molar-refractivity contribution in [3.05, 3.63) is 42.0 Å². The minimum absolute atomic E-state index is 0.0754. The average Bonchev–Trinajstić information content (AvgIpc) is 3.12. The van der Waals surface area contributed by atoms with Crippen LogP contribution in [0.3, 0.4) is 0 Å². The Morgan fingerprint density at radius 1 is 1.19 bits per heavy atom. The summed E-state index contributed by atoms with van der Waals surface area (Å²) in [5.41, 5.74) is 1.59. The molecule has 27 heavy (non-hydrogen) atoms. The number of nitrogens with one attached hydrogen (secondary N) is 1. The summed E-state index contributed by atoms with van der Waals surface area (Å²) in [7, 11) is -1.95. The van der Waals surface area contributed by atoms with Crippen LogP contribution in [0.2, 0.25) is 0 Å². The number of benzene rings is 1. The van der Waals surface area contributed by atoms with Crippen molar-refractivity contribution in [2.24, 2.45) is 7.05 Å². The van der Waals surface area contributed by atoms with Crippen LogP contribution in [0, 0.1) is 13.8 Å². The van der Waals surface area contributed by atoms with Gasteiger partial charge in [-0.1, -0.05) is 12.1 Å². The van der Waals surface area contributed by atoms with E-state index in [1.807, 2.05) is 33.0 Å². The van der Waals surface area contributed by atoms with Gasteiger partial charge in [-0.15, -0.1) is 10.2 Å². The highest BCUT2D eigenvalue weighted by Gasteiger charge is 2.26. The first-order valence-corrected chi connectivity index (χ1v) is 10.7. The first kappa shape index (κ1) is 19.4. The van der Waals surface area contributed by atoms with Gasteiger partial charge in [0, 0.05) is 18.0 Å². The summed E-state index contributed by atoms with van der Waals surface area (Å²) in [6.45, 7) is 7.42. The molecule has 3 aromatic rings. The summed E-state index contributed by atoms with van der Waals surface area (Å²) in [6, 6.07) is 7.29. The van der Waals surface area contributed by atoms with Crippen LogP contribution in [0.1, 0.15) is 31.3 Å². The second kappa shape index (κ2) is 7.35. The molecule has 0 aliphatic heterocycles. The van der Waals surface area contributed by atoms with Gasteiger partial charge in [0.2, 0.25) is 0 Å². The highest BCUT2D eigenvalue weighted by molar-refractivity contribution is 7.99. The lowest BCUT2D eigenvalue weighted by atomic mass is 10.3. The van der Waals surface area contributed by atoms with Crippen LogP contribution in [0.4, 0.5) is 5.69 Å². The molecule has 0 aliphatic carbocycles. The van der Waals surface area contributed by atoms with Crippen molar-refractivity contribution in [2.75, 3.05) is 4.72 Å². The zero-order chi connectivity index (χ0) is 19.8. The number of aromatic nitrogens is 5. The van der Waals surface area contributed by atoms with E-state index in [9.17, 15) is 8.42 Å². The third kappa shape index (κ3) is 3.86. The molecule has 10 heteroatoms. The molecule has 0 aliphatic rings. The average molecular weight is 407 g/mol. The Hall–Kier alpha value is -2.33. The van der Waals surface area contributed by atoms with Crippen LogP contribution in [0.15, 0.2) is 45.5 Å². The van der Waals surface area contributed by atoms with Crippen LogP contribution in [0.25, 0.3) is 0 Å². The molecule has 0 spiro atoms. The smallest absolute Gasteiger partial charge is 0.265 e. The van der Waals surface area contributed by atoms with Gasteiger partial charge in [-0.05, 0) is 51.6 Å². The maximum absolute atomic E-state index is 13.1. The summed E-state index contributed by atoms with van der Waals surface area (Å²) < 4.78 is 32.4. The predicted molar refractivity (Wildman–Crippen MR) is 104 cm³/mol. The van der Waals surface area contributed by atoms with Crippen LogP contribution in [-0.4, -0.2) is 33.0 Å². The largest absolute Gasteiger partial charge is 0.311 e. The van der Waals surface area contributed by atoms with Gasteiger partial charge < -0.3 is 4.57 Å². The third-order valence-electron chi connectivity index (χ3n) is 4.02. The monoisotopic (exact) mass is 406 g/mol. The number of rotatable bonds is 6. The standard InChI is InChI=1S/C17H22N6O2S2/c1-11(2)23-13(4)16(12(3)20-23)27(24,25)21-14-8-6-7-9-15(14)26-17-19-18-10-22(17)5/h6-11,21H,1-5H3. The van der Waals surface area contributed by atoms with E-state index in [4.69, 9.17) is 0 Å². The highest BCUT2D eigenvalue weighted by atomic mass is 32.2. The van der Waals surface area contributed by atoms with Crippen molar-refractivity contribution in [1.82, 2.24) is 24.5 Å². The van der Waals surface area contributed by atoms with Crippen molar-refractivity contribution in [3.63, 3.8) is 0 Å². The zero-order valence-corrected chi connectivity index (χ0v) is 17.5. The fraction of sp³-hybridized carbons (Fsp3) is 0.353. The van der Waals surface area contributed by atoms with Crippen molar-refractivity contribution >= 4 is 27.5 Å². The van der Waals surface area contributed by atoms with E-state index in [0.717, 1.165) is 4.90 Å². The van der Waals surface area contributed by atoms with Crippen molar-refractivity contribution < 1.29 is 8.42 Å². The van der Waals surface area contributed by atoms with E-state index in [-0.39, 0.29) is 10.9 Å². The number of aryl methyl sites for hydroxylation is 2. The number of hydrogen-bond acceptors (Lipinski definition) is 6. The third-order valence-corrected chi connectivity index (χ3v) is 6.76. The lowest BCUT2D eigenvalue weighted by molar-refractivity contribution is 0.514. The fourth-order valence-electron chi connectivity index (χ4n) is 2.84. The van der Waals surface area contributed by atoms with E-state index < -0.39 is 10.0 Å². The lowest BCUT2D eigenvalue weighted by Gasteiger charge is -2.13. The topological polar surface area (TPSA) is 94.7 Å². The Labute approximate surface area is 163 Å². The van der Waals surface area contributed by atoms with E-state index in [0.29, 0.717) is 22.2 Å². The number of sulfonamides is 1. The molecule has 0 unspecified atom stereocenters.